The number of ether oxygens (including phenoxy) is 2. The Bertz CT molecular complexity index is 388. The summed E-state index contributed by atoms with van der Waals surface area (Å²) in [4.78, 5) is 23.0. The lowest BCUT2D eigenvalue weighted by Crippen LogP contribution is -2.47. The number of carbonyl (C=O) groups excluding carboxylic acids is 1. The van der Waals surface area contributed by atoms with Gasteiger partial charge in [-0.15, -0.1) is 0 Å². The lowest BCUT2D eigenvalue weighted by Gasteiger charge is -2.40. The van der Waals surface area contributed by atoms with Crippen molar-refractivity contribution in [2.24, 2.45) is 11.8 Å². The maximum absolute atomic E-state index is 12.0. The van der Waals surface area contributed by atoms with E-state index in [9.17, 15) is 9.59 Å². The van der Waals surface area contributed by atoms with E-state index in [0.717, 1.165) is 19.3 Å². The number of rotatable bonds is 6. The van der Waals surface area contributed by atoms with Crippen LogP contribution in [0.5, 0.6) is 0 Å². The number of fused-ring (bicyclic) bond motifs is 2. The van der Waals surface area contributed by atoms with Gasteiger partial charge in [0.2, 0.25) is 0 Å². The SMILES string of the molecule is CCC(CC)(OC(=O)C(C)C(=O)O)C1CC2CCC1O2. The van der Waals surface area contributed by atoms with Crippen molar-refractivity contribution in [2.45, 2.75) is 70.7 Å². The van der Waals surface area contributed by atoms with E-state index in [4.69, 9.17) is 14.6 Å². The van der Waals surface area contributed by atoms with E-state index in [2.05, 4.69) is 0 Å². The van der Waals surface area contributed by atoms with Crippen LogP contribution in [0.2, 0.25) is 0 Å². The van der Waals surface area contributed by atoms with Gasteiger partial charge in [0.1, 0.15) is 5.60 Å². The van der Waals surface area contributed by atoms with Crippen LogP contribution in [0.4, 0.5) is 0 Å². The average molecular weight is 284 g/mol. The Morgan fingerprint density at radius 1 is 1.35 bits per heavy atom. The summed E-state index contributed by atoms with van der Waals surface area (Å²) in [6, 6.07) is 0. The molecule has 0 saturated carbocycles. The number of hydrogen-bond donors (Lipinski definition) is 1. The first-order valence-electron chi connectivity index (χ1n) is 7.54. The summed E-state index contributed by atoms with van der Waals surface area (Å²) in [5.74, 6) is -2.70. The summed E-state index contributed by atoms with van der Waals surface area (Å²) in [5.41, 5.74) is -0.583. The Hall–Kier alpha value is -1.10. The maximum atomic E-state index is 12.0. The number of carboxylic acids is 1. The molecule has 0 aromatic carbocycles. The second-order valence-corrected chi connectivity index (χ2v) is 5.97. The molecule has 0 aliphatic carbocycles. The molecule has 2 saturated heterocycles. The average Bonchev–Trinajstić information content (AvgIpc) is 3.06. The molecule has 0 amide bonds. The van der Waals surface area contributed by atoms with Crippen LogP contribution in [0.25, 0.3) is 0 Å². The fourth-order valence-corrected chi connectivity index (χ4v) is 3.58. The molecule has 5 heteroatoms. The normalized spacial score (nSPS) is 30.2. The highest BCUT2D eigenvalue weighted by atomic mass is 16.6. The van der Waals surface area contributed by atoms with Crippen LogP contribution in [0.1, 0.15) is 52.9 Å². The van der Waals surface area contributed by atoms with Crippen LogP contribution < -0.4 is 0 Å². The van der Waals surface area contributed by atoms with Gasteiger partial charge < -0.3 is 14.6 Å². The van der Waals surface area contributed by atoms with Gasteiger partial charge in [-0.2, -0.15) is 0 Å². The molecular formula is C15H24O5. The highest BCUT2D eigenvalue weighted by molar-refractivity contribution is 5.93. The van der Waals surface area contributed by atoms with Gasteiger partial charge in [-0.3, -0.25) is 9.59 Å². The van der Waals surface area contributed by atoms with E-state index in [1.807, 2.05) is 13.8 Å². The Labute approximate surface area is 119 Å². The van der Waals surface area contributed by atoms with E-state index >= 15 is 0 Å². The number of carboxylic acid groups (broad SMARTS) is 1. The molecule has 2 aliphatic rings. The highest BCUT2D eigenvalue weighted by Crippen LogP contribution is 2.48. The molecule has 1 N–H and O–H groups in total. The first-order valence-corrected chi connectivity index (χ1v) is 7.54. The van der Waals surface area contributed by atoms with Crippen LogP contribution in [0.3, 0.4) is 0 Å². The molecule has 0 aromatic rings. The molecule has 2 bridgehead atoms. The molecule has 0 radical (unpaired) electrons. The summed E-state index contributed by atoms with van der Waals surface area (Å²) in [5, 5.41) is 8.94. The standard InChI is InChI=1S/C15H24O5/c1-4-15(5-2,20-14(18)9(3)13(16)17)11-8-10-6-7-12(11)19-10/h9-12H,4-8H2,1-3H3,(H,16,17). The molecule has 20 heavy (non-hydrogen) atoms. The third-order valence-electron chi connectivity index (χ3n) is 5.01. The quantitative estimate of drug-likeness (QED) is 0.599. The predicted octanol–water partition coefficient (Wildman–Crippen LogP) is 2.38. The van der Waals surface area contributed by atoms with Crippen molar-refractivity contribution in [2.75, 3.05) is 0 Å². The van der Waals surface area contributed by atoms with Gasteiger partial charge in [-0.1, -0.05) is 13.8 Å². The Morgan fingerprint density at radius 2 is 2.00 bits per heavy atom. The second kappa shape index (κ2) is 5.72. The van der Waals surface area contributed by atoms with Gasteiger partial charge in [-0.05, 0) is 39.0 Å². The minimum atomic E-state index is -1.14. The van der Waals surface area contributed by atoms with E-state index < -0.39 is 23.5 Å². The Morgan fingerprint density at radius 3 is 2.40 bits per heavy atom. The van der Waals surface area contributed by atoms with E-state index in [0.29, 0.717) is 12.8 Å². The zero-order valence-electron chi connectivity index (χ0n) is 12.4. The predicted molar refractivity (Wildman–Crippen MR) is 72.2 cm³/mol. The fraction of sp³-hybridized carbons (Fsp3) is 0.867. The van der Waals surface area contributed by atoms with Crippen molar-refractivity contribution in [3.63, 3.8) is 0 Å². The van der Waals surface area contributed by atoms with Crippen molar-refractivity contribution >= 4 is 11.9 Å². The Kier molecular flexibility index (Phi) is 4.37. The lowest BCUT2D eigenvalue weighted by molar-refractivity contribution is -0.178. The minimum Gasteiger partial charge on any atom is -0.481 e. The van der Waals surface area contributed by atoms with Crippen molar-refractivity contribution in [3.05, 3.63) is 0 Å². The maximum Gasteiger partial charge on any atom is 0.320 e. The van der Waals surface area contributed by atoms with Crippen molar-refractivity contribution < 1.29 is 24.2 Å². The van der Waals surface area contributed by atoms with E-state index in [1.165, 1.54) is 6.92 Å². The zero-order chi connectivity index (χ0) is 14.9. The van der Waals surface area contributed by atoms with Crippen LogP contribution in [-0.4, -0.2) is 34.9 Å². The fourth-order valence-electron chi connectivity index (χ4n) is 3.58. The van der Waals surface area contributed by atoms with Crippen molar-refractivity contribution in [1.29, 1.82) is 0 Å². The Balaban J connectivity index is 2.13. The first kappa shape index (κ1) is 15.3. The van der Waals surface area contributed by atoms with Gasteiger partial charge in [0, 0.05) is 5.92 Å². The summed E-state index contributed by atoms with van der Waals surface area (Å²) in [6.07, 6.45) is 4.86. The van der Waals surface area contributed by atoms with Crippen LogP contribution in [0, 0.1) is 11.8 Å². The van der Waals surface area contributed by atoms with Gasteiger partial charge in [-0.25, -0.2) is 0 Å². The number of esters is 1. The van der Waals surface area contributed by atoms with E-state index in [-0.39, 0.29) is 18.1 Å². The van der Waals surface area contributed by atoms with Crippen LogP contribution in [-0.2, 0) is 19.1 Å². The third kappa shape index (κ3) is 2.55. The minimum absolute atomic E-state index is 0.160. The monoisotopic (exact) mass is 284 g/mol. The lowest BCUT2D eigenvalue weighted by atomic mass is 9.74. The topological polar surface area (TPSA) is 72.8 Å². The number of aliphatic carboxylic acids is 1. The summed E-state index contributed by atoms with van der Waals surface area (Å²) < 4.78 is 11.6. The van der Waals surface area contributed by atoms with Crippen molar-refractivity contribution in [1.82, 2.24) is 0 Å². The van der Waals surface area contributed by atoms with Crippen LogP contribution in [0.15, 0.2) is 0 Å². The van der Waals surface area contributed by atoms with Gasteiger partial charge in [0.05, 0.1) is 12.2 Å². The summed E-state index contributed by atoms with van der Waals surface area (Å²) in [7, 11) is 0. The van der Waals surface area contributed by atoms with E-state index in [1.54, 1.807) is 0 Å². The molecular weight excluding hydrogens is 260 g/mol. The molecule has 4 atom stereocenters. The molecule has 2 fully saturated rings. The molecule has 4 unspecified atom stereocenters. The largest absolute Gasteiger partial charge is 0.481 e. The van der Waals surface area contributed by atoms with Gasteiger partial charge in [0.25, 0.3) is 0 Å². The summed E-state index contributed by atoms with van der Waals surface area (Å²) in [6.45, 7) is 5.36. The second-order valence-electron chi connectivity index (χ2n) is 5.97. The smallest absolute Gasteiger partial charge is 0.320 e. The van der Waals surface area contributed by atoms with Crippen molar-refractivity contribution in [3.8, 4) is 0 Å². The van der Waals surface area contributed by atoms with Crippen LogP contribution >= 0.6 is 0 Å². The molecule has 5 nitrogen and oxygen atoms in total. The molecule has 2 rings (SSSR count). The molecule has 2 heterocycles. The van der Waals surface area contributed by atoms with Gasteiger partial charge >= 0.3 is 11.9 Å². The third-order valence-corrected chi connectivity index (χ3v) is 5.01. The summed E-state index contributed by atoms with van der Waals surface area (Å²) >= 11 is 0. The number of hydrogen-bond acceptors (Lipinski definition) is 4. The zero-order valence-corrected chi connectivity index (χ0v) is 12.4. The molecule has 0 aromatic heterocycles. The highest BCUT2D eigenvalue weighted by Gasteiger charge is 2.52. The molecule has 0 spiro atoms. The van der Waals surface area contributed by atoms with Gasteiger partial charge in [0.15, 0.2) is 5.92 Å². The molecule has 114 valence electrons. The molecule has 2 aliphatic heterocycles. The first-order chi connectivity index (χ1) is 9.43. The number of carbonyl (C=O) groups is 2.